The van der Waals surface area contributed by atoms with Crippen LogP contribution < -0.4 is 11.1 Å². The van der Waals surface area contributed by atoms with Gasteiger partial charge >= 0.3 is 0 Å². The minimum absolute atomic E-state index is 0.219. The summed E-state index contributed by atoms with van der Waals surface area (Å²) in [7, 11) is 0. The minimum Gasteiger partial charge on any atom is -0.374 e. The van der Waals surface area contributed by atoms with Crippen molar-refractivity contribution in [2.45, 2.75) is 0 Å². The van der Waals surface area contributed by atoms with E-state index in [1.54, 1.807) is 12.3 Å². The molecule has 8 heteroatoms. The van der Waals surface area contributed by atoms with Crippen LogP contribution in [-0.2, 0) is 0 Å². The van der Waals surface area contributed by atoms with Crippen LogP contribution in [0.2, 0.25) is 0 Å². The van der Waals surface area contributed by atoms with E-state index in [9.17, 15) is 4.79 Å². The summed E-state index contributed by atoms with van der Waals surface area (Å²) in [5.41, 5.74) is 6.79. The van der Waals surface area contributed by atoms with Gasteiger partial charge in [0.1, 0.15) is 0 Å². The molecule has 0 saturated heterocycles. The zero-order chi connectivity index (χ0) is 14.1. The highest BCUT2D eigenvalue weighted by atomic mass is 79.9. The lowest BCUT2D eigenvalue weighted by Crippen LogP contribution is -2.12. The van der Waals surface area contributed by atoms with E-state index < -0.39 is 0 Å². The average Bonchev–Trinajstić information content (AvgIpc) is 2.85. The van der Waals surface area contributed by atoms with Gasteiger partial charge in [-0.05, 0) is 28.1 Å². The molecule has 0 aliphatic heterocycles. The zero-order valence-electron chi connectivity index (χ0n) is 10.0. The molecule has 3 rings (SSSR count). The van der Waals surface area contributed by atoms with Crippen molar-refractivity contribution in [3.8, 4) is 0 Å². The second-order valence-corrected chi connectivity index (χ2v) is 5.86. The average molecular weight is 350 g/mol. The predicted octanol–water partition coefficient (Wildman–Crippen LogP) is 2.68. The highest BCUT2D eigenvalue weighted by Gasteiger charge is 2.13. The summed E-state index contributed by atoms with van der Waals surface area (Å²) in [5.74, 6) is -0.351. The van der Waals surface area contributed by atoms with Crippen LogP contribution in [0.3, 0.4) is 0 Å². The molecule has 1 aromatic carbocycles. The molecule has 0 aliphatic carbocycles. The number of fused-ring (bicyclic) bond motifs is 1. The third kappa shape index (κ3) is 2.47. The summed E-state index contributed by atoms with van der Waals surface area (Å²) in [6.45, 7) is 0. The van der Waals surface area contributed by atoms with Crippen molar-refractivity contribution in [3.05, 3.63) is 39.9 Å². The fraction of sp³-hybridized carbons (Fsp3) is 0. The summed E-state index contributed by atoms with van der Waals surface area (Å²) in [6.07, 6.45) is 1.68. The number of anilines is 2. The fourth-order valence-electron chi connectivity index (χ4n) is 1.74. The molecule has 0 saturated carbocycles. The van der Waals surface area contributed by atoms with Gasteiger partial charge < -0.3 is 11.1 Å². The zero-order valence-corrected chi connectivity index (χ0v) is 12.4. The van der Waals surface area contributed by atoms with Crippen molar-refractivity contribution in [1.82, 2.24) is 15.2 Å². The molecule has 0 radical (unpaired) electrons. The molecule has 6 nitrogen and oxygen atoms in total. The van der Waals surface area contributed by atoms with Crippen LogP contribution in [0.5, 0.6) is 0 Å². The smallest absolute Gasteiger partial charge is 0.286 e. The molecule has 0 bridgehead atoms. The first-order valence-corrected chi connectivity index (χ1v) is 7.19. The molecule has 0 unspecified atom stereocenters. The normalized spacial score (nSPS) is 10.7. The number of amides is 1. The Morgan fingerprint density at radius 2 is 2.20 bits per heavy atom. The van der Waals surface area contributed by atoms with Crippen molar-refractivity contribution in [2.24, 2.45) is 0 Å². The molecule has 2 heterocycles. The summed E-state index contributed by atoms with van der Waals surface area (Å²) in [5, 5.41) is 11.5. The Balaban J connectivity index is 1.97. The maximum absolute atomic E-state index is 12.0. The standard InChI is InChI=1S/C12H8BrN5OS/c13-7-4-6-2-1-3-8(9(6)15-5-7)16-10(19)11-17-18-12(14)20-11/h1-5H,(H2,14,18)(H,16,19). The molecule has 0 fully saturated rings. The van der Waals surface area contributed by atoms with Gasteiger partial charge in [-0.1, -0.05) is 23.5 Å². The number of nitrogen functional groups attached to an aromatic ring is 1. The van der Waals surface area contributed by atoms with E-state index in [-0.39, 0.29) is 16.0 Å². The Morgan fingerprint density at radius 3 is 2.95 bits per heavy atom. The number of nitrogens with two attached hydrogens (primary N) is 1. The van der Waals surface area contributed by atoms with Crippen LogP contribution in [0.4, 0.5) is 10.8 Å². The first kappa shape index (κ1) is 12.9. The van der Waals surface area contributed by atoms with Gasteiger partial charge in [0.2, 0.25) is 10.1 Å². The maximum atomic E-state index is 12.0. The molecule has 1 amide bonds. The number of nitrogens with zero attached hydrogens (tertiary/aromatic N) is 3. The van der Waals surface area contributed by atoms with Crippen molar-refractivity contribution >= 4 is 54.9 Å². The number of carbonyl (C=O) groups is 1. The minimum atomic E-state index is -0.351. The quantitative estimate of drug-likeness (QED) is 0.741. The van der Waals surface area contributed by atoms with E-state index in [2.05, 4.69) is 36.4 Å². The number of hydrogen-bond donors (Lipinski definition) is 2. The lowest BCUT2D eigenvalue weighted by Gasteiger charge is -2.06. The number of aromatic nitrogens is 3. The summed E-state index contributed by atoms with van der Waals surface area (Å²) in [4.78, 5) is 16.4. The van der Waals surface area contributed by atoms with Crippen molar-refractivity contribution in [1.29, 1.82) is 0 Å². The van der Waals surface area contributed by atoms with E-state index in [0.29, 0.717) is 11.2 Å². The van der Waals surface area contributed by atoms with E-state index >= 15 is 0 Å². The van der Waals surface area contributed by atoms with Gasteiger partial charge in [0, 0.05) is 16.1 Å². The molecular weight excluding hydrogens is 342 g/mol. The van der Waals surface area contributed by atoms with Gasteiger partial charge in [-0.2, -0.15) is 0 Å². The largest absolute Gasteiger partial charge is 0.374 e. The number of rotatable bonds is 2. The van der Waals surface area contributed by atoms with Crippen LogP contribution in [-0.4, -0.2) is 21.1 Å². The molecule has 2 aromatic heterocycles. The van der Waals surface area contributed by atoms with Crippen molar-refractivity contribution in [3.63, 3.8) is 0 Å². The second-order valence-electron chi connectivity index (χ2n) is 3.93. The van der Waals surface area contributed by atoms with Crippen LogP contribution in [0.1, 0.15) is 9.80 Å². The molecule has 0 atom stereocenters. The fourth-order valence-corrected chi connectivity index (χ4v) is 2.59. The molecule has 0 spiro atoms. The lowest BCUT2D eigenvalue weighted by molar-refractivity contribution is 0.102. The van der Waals surface area contributed by atoms with Gasteiger partial charge in [-0.25, -0.2) is 0 Å². The lowest BCUT2D eigenvalue weighted by atomic mass is 10.2. The number of hydrogen-bond acceptors (Lipinski definition) is 6. The summed E-state index contributed by atoms with van der Waals surface area (Å²) >= 11 is 4.41. The highest BCUT2D eigenvalue weighted by Crippen LogP contribution is 2.24. The molecule has 3 N–H and O–H groups in total. The van der Waals surface area contributed by atoms with Crippen LogP contribution in [0.25, 0.3) is 10.9 Å². The number of carbonyl (C=O) groups excluding carboxylic acids is 1. The van der Waals surface area contributed by atoms with E-state index in [1.807, 2.05) is 18.2 Å². The molecule has 0 aliphatic rings. The molecule has 3 aromatic rings. The van der Waals surface area contributed by atoms with E-state index in [0.717, 1.165) is 21.2 Å². The van der Waals surface area contributed by atoms with Crippen LogP contribution in [0, 0.1) is 0 Å². The van der Waals surface area contributed by atoms with Crippen LogP contribution >= 0.6 is 27.3 Å². The Hall–Kier alpha value is -2.06. The number of nitrogens with one attached hydrogen (secondary N) is 1. The van der Waals surface area contributed by atoms with Crippen molar-refractivity contribution < 1.29 is 4.79 Å². The molecular formula is C12H8BrN5OS. The Bertz CT molecular complexity index is 803. The van der Waals surface area contributed by atoms with Crippen molar-refractivity contribution in [2.75, 3.05) is 11.1 Å². The number of para-hydroxylation sites is 1. The Morgan fingerprint density at radius 1 is 1.35 bits per heavy atom. The number of benzene rings is 1. The monoisotopic (exact) mass is 349 g/mol. The Labute approximate surface area is 126 Å². The van der Waals surface area contributed by atoms with Gasteiger partial charge in [-0.3, -0.25) is 9.78 Å². The summed E-state index contributed by atoms with van der Waals surface area (Å²) in [6, 6.07) is 7.48. The van der Waals surface area contributed by atoms with Gasteiger partial charge in [-0.15, -0.1) is 10.2 Å². The molecule has 20 heavy (non-hydrogen) atoms. The maximum Gasteiger partial charge on any atom is 0.286 e. The predicted molar refractivity (Wildman–Crippen MR) is 81.7 cm³/mol. The van der Waals surface area contributed by atoms with Gasteiger partial charge in [0.05, 0.1) is 11.2 Å². The van der Waals surface area contributed by atoms with E-state index in [4.69, 9.17) is 5.73 Å². The third-order valence-corrected chi connectivity index (χ3v) is 3.75. The van der Waals surface area contributed by atoms with Gasteiger partial charge in [0.15, 0.2) is 0 Å². The molecule has 100 valence electrons. The first-order chi connectivity index (χ1) is 9.63. The Kier molecular flexibility index (Phi) is 3.33. The van der Waals surface area contributed by atoms with Gasteiger partial charge in [0.25, 0.3) is 5.91 Å². The highest BCUT2D eigenvalue weighted by molar-refractivity contribution is 9.10. The number of halogens is 1. The SMILES string of the molecule is Nc1nnc(C(=O)Nc2cccc3cc(Br)cnc23)s1. The third-order valence-electron chi connectivity index (χ3n) is 2.56. The first-order valence-electron chi connectivity index (χ1n) is 5.58. The topological polar surface area (TPSA) is 93.8 Å². The summed E-state index contributed by atoms with van der Waals surface area (Å²) < 4.78 is 0.880. The number of pyridine rings is 1. The van der Waals surface area contributed by atoms with Crippen LogP contribution in [0.15, 0.2) is 34.9 Å². The van der Waals surface area contributed by atoms with E-state index in [1.165, 1.54) is 0 Å². The second kappa shape index (κ2) is 5.14.